The number of rotatable bonds is 10. The van der Waals surface area contributed by atoms with Crippen LogP contribution in [0, 0.1) is 0 Å². The molecule has 0 aliphatic carbocycles. The van der Waals surface area contributed by atoms with Crippen LogP contribution in [0.1, 0.15) is 35.8 Å². The second kappa shape index (κ2) is 11.4. The minimum absolute atomic E-state index is 0.0279. The van der Waals surface area contributed by atoms with E-state index in [4.69, 9.17) is 14.6 Å². The molecule has 0 fully saturated rings. The number of amides is 1. The van der Waals surface area contributed by atoms with E-state index in [1.165, 1.54) is 18.3 Å². The van der Waals surface area contributed by atoms with Gasteiger partial charge in [0.1, 0.15) is 17.1 Å². The molecule has 3 aromatic rings. The SMILES string of the molecule is CCOc1ccc(Nc2ncccc2C(=O)OCC(=O)NC(C)c2ccc(S(N)(=O)=O)cc2)cc1. The van der Waals surface area contributed by atoms with Crippen molar-refractivity contribution in [2.75, 3.05) is 18.5 Å². The fourth-order valence-corrected chi connectivity index (χ4v) is 3.64. The summed E-state index contributed by atoms with van der Waals surface area (Å²) < 4.78 is 33.3. The quantitative estimate of drug-likeness (QED) is 0.361. The molecule has 0 bridgehead atoms. The Balaban J connectivity index is 1.57. The van der Waals surface area contributed by atoms with Gasteiger partial charge >= 0.3 is 5.97 Å². The zero-order chi connectivity index (χ0) is 25.4. The van der Waals surface area contributed by atoms with Crippen molar-refractivity contribution in [2.45, 2.75) is 24.8 Å². The lowest BCUT2D eigenvalue weighted by molar-refractivity contribution is -0.124. The molecule has 11 heteroatoms. The average Bonchev–Trinajstić information content (AvgIpc) is 2.84. The summed E-state index contributed by atoms with van der Waals surface area (Å²) in [5.74, 6) is -0.234. The molecular weight excluding hydrogens is 472 g/mol. The third kappa shape index (κ3) is 7.26. The number of sulfonamides is 1. The van der Waals surface area contributed by atoms with Crippen LogP contribution in [-0.4, -0.2) is 38.5 Å². The van der Waals surface area contributed by atoms with Crippen molar-refractivity contribution in [3.8, 4) is 5.75 Å². The van der Waals surface area contributed by atoms with E-state index in [1.807, 2.05) is 6.92 Å². The third-order valence-electron chi connectivity index (χ3n) is 4.88. The summed E-state index contributed by atoms with van der Waals surface area (Å²) in [5.41, 5.74) is 1.52. The van der Waals surface area contributed by atoms with Crippen LogP contribution >= 0.6 is 0 Å². The number of benzene rings is 2. The molecule has 1 aromatic heterocycles. The van der Waals surface area contributed by atoms with Gasteiger partial charge in [-0.2, -0.15) is 0 Å². The predicted molar refractivity (Wildman–Crippen MR) is 130 cm³/mol. The van der Waals surface area contributed by atoms with Gasteiger partial charge in [0.05, 0.1) is 17.5 Å². The van der Waals surface area contributed by atoms with Gasteiger partial charge in [-0.15, -0.1) is 0 Å². The van der Waals surface area contributed by atoms with E-state index >= 15 is 0 Å². The summed E-state index contributed by atoms with van der Waals surface area (Å²) in [5, 5.41) is 10.8. The molecule has 0 saturated heterocycles. The molecular formula is C24H26N4O6S. The number of nitrogens with two attached hydrogens (primary N) is 1. The molecule has 184 valence electrons. The number of pyridine rings is 1. The van der Waals surface area contributed by atoms with Gasteiger partial charge in [0, 0.05) is 11.9 Å². The smallest absolute Gasteiger partial charge is 0.342 e. The van der Waals surface area contributed by atoms with Gasteiger partial charge in [0.15, 0.2) is 6.61 Å². The first kappa shape index (κ1) is 25.7. The highest BCUT2D eigenvalue weighted by Gasteiger charge is 2.17. The summed E-state index contributed by atoms with van der Waals surface area (Å²) >= 11 is 0. The fourth-order valence-electron chi connectivity index (χ4n) is 3.13. The molecule has 0 saturated carbocycles. The summed E-state index contributed by atoms with van der Waals surface area (Å²) in [6.07, 6.45) is 1.53. The minimum Gasteiger partial charge on any atom is -0.494 e. The number of anilines is 2. The number of nitrogens with zero attached hydrogens (tertiary/aromatic N) is 1. The highest BCUT2D eigenvalue weighted by Crippen LogP contribution is 2.22. The van der Waals surface area contributed by atoms with Crippen molar-refractivity contribution in [3.05, 3.63) is 78.0 Å². The Kier molecular flexibility index (Phi) is 8.39. The zero-order valence-electron chi connectivity index (χ0n) is 19.2. The highest BCUT2D eigenvalue weighted by molar-refractivity contribution is 7.89. The normalized spacial score (nSPS) is 11.9. The van der Waals surface area contributed by atoms with Crippen molar-refractivity contribution in [2.24, 2.45) is 5.14 Å². The number of ether oxygens (including phenoxy) is 2. The minimum atomic E-state index is -3.80. The van der Waals surface area contributed by atoms with Crippen LogP contribution in [0.15, 0.2) is 71.8 Å². The number of carbonyl (C=O) groups is 2. The average molecular weight is 499 g/mol. The summed E-state index contributed by atoms with van der Waals surface area (Å²) in [6, 6.07) is 15.7. The Bertz CT molecular complexity index is 1280. The molecule has 0 aliphatic rings. The van der Waals surface area contributed by atoms with Crippen molar-refractivity contribution in [1.29, 1.82) is 0 Å². The van der Waals surface area contributed by atoms with Crippen LogP contribution in [0.25, 0.3) is 0 Å². The Morgan fingerprint density at radius 1 is 1.06 bits per heavy atom. The monoisotopic (exact) mass is 498 g/mol. The Hall–Kier alpha value is -3.96. The number of hydrogen-bond acceptors (Lipinski definition) is 8. The van der Waals surface area contributed by atoms with E-state index in [-0.39, 0.29) is 16.3 Å². The second-order valence-electron chi connectivity index (χ2n) is 7.46. The molecule has 0 aliphatic heterocycles. The van der Waals surface area contributed by atoms with Gasteiger partial charge in [-0.05, 0) is 67.9 Å². The number of nitrogens with one attached hydrogen (secondary N) is 2. The summed E-state index contributed by atoms with van der Waals surface area (Å²) in [7, 11) is -3.80. The molecule has 35 heavy (non-hydrogen) atoms. The number of esters is 1. The maximum absolute atomic E-state index is 12.6. The van der Waals surface area contributed by atoms with Crippen LogP contribution in [0.2, 0.25) is 0 Å². The van der Waals surface area contributed by atoms with Gasteiger partial charge in [-0.1, -0.05) is 12.1 Å². The van der Waals surface area contributed by atoms with Crippen molar-refractivity contribution >= 4 is 33.4 Å². The molecule has 1 unspecified atom stereocenters. The largest absolute Gasteiger partial charge is 0.494 e. The van der Waals surface area contributed by atoms with Gasteiger partial charge in [0.2, 0.25) is 10.0 Å². The van der Waals surface area contributed by atoms with Crippen LogP contribution in [-0.2, 0) is 19.6 Å². The molecule has 4 N–H and O–H groups in total. The zero-order valence-corrected chi connectivity index (χ0v) is 20.0. The van der Waals surface area contributed by atoms with E-state index in [0.717, 1.165) is 5.75 Å². The molecule has 10 nitrogen and oxygen atoms in total. The summed E-state index contributed by atoms with van der Waals surface area (Å²) in [6.45, 7) is 3.66. The fraction of sp³-hybridized carbons (Fsp3) is 0.208. The molecule has 1 amide bonds. The van der Waals surface area contributed by atoms with Crippen LogP contribution in [0.5, 0.6) is 5.75 Å². The lowest BCUT2D eigenvalue weighted by Gasteiger charge is -2.15. The topological polar surface area (TPSA) is 150 Å². The molecule has 0 radical (unpaired) electrons. The van der Waals surface area contributed by atoms with E-state index < -0.39 is 34.5 Å². The number of hydrogen-bond donors (Lipinski definition) is 3. The Labute approximate surface area is 203 Å². The molecule has 0 spiro atoms. The van der Waals surface area contributed by atoms with Crippen molar-refractivity contribution in [3.63, 3.8) is 0 Å². The standard InChI is InChI=1S/C24H26N4O6S/c1-3-33-19-10-8-18(9-11-19)28-23-21(5-4-14-26-23)24(30)34-15-22(29)27-16(2)17-6-12-20(13-7-17)35(25,31)32/h4-14,16H,3,15H2,1-2H3,(H,26,28)(H,27,29)(H2,25,31,32). The predicted octanol–water partition coefficient (Wildman–Crippen LogP) is 2.91. The first-order chi connectivity index (χ1) is 16.7. The summed E-state index contributed by atoms with van der Waals surface area (Å²) in [4.78, 5) is 29.1. The second-order valence-corrected chi connectivity index (χ2v) is 9.02. The van der Waals surface area contributed by atoms with Gasteiger partial charge in [0.25, 0.3) is 5.91 Å². The van der Waals surface area contributed by atoms with E-state index in [0.29, 0.717) is 17.9 Å². The lowest BCUT2D eigenvalue weighted by Crippen LogP contribution is -2.31. The molecule has 2 aromatic carbocycles. The first-order valence-corrected chi connectivity index (χ1v) is 12.3. The van der Waals surface area contributed by atoms with Crippen LogP contribution in [0.4, 0.5) is 11.5 Å². The number of aromatic nitrogens is 1. The number of primary sulfonamides is 1. The maximum atomic E-state index is 12.6. The Morgan fingerprint density at radius 2 is 1.74 bits per heavy atom. The van der Waals surface area contributed by atoms with Gasteiger partial charge in [-0.3, -0.25) is 4.79 Å². The van der Waals surface area contributed by atoms with E-state index in [9.17, 15) is 18.0 Å². The van der Waals surface area contributed by atoms with Crippen molar-refractivity contribution < 1.29 is 27.5 Å². The van der Waals surface area contributed by atoms with Crippen LogP contribution < -0.4 is 20.5 Å². The highest BCUT2D eigenvalue weighted by atomic mass is 32.2. The van der Waals surface area contributed by atoms with Crippen LogP contribution in [0.3, 0.4) is 0 Å². The van der Waals surface area contributed by atoms with Crippen molar-refractivity contribution in [1.82, 2.24) is 10.3 Å². The maximum Gasteiger partial charge on any atom is 0.342 e. The first-order valence-electron chi connectivity index (χ1n) is 10.7. The van der Waals surface area contributed by atoms with E-state index in [2.05, 4.69) is 15.6 Å². The molecule has 1 heterocycles. The molecule has 3 rings (SSSR count). The molecule has 1 atom stereocenters. The van der Waals surface area contributed by atoms with E-state index in [1.54, 1.807) is 55.5 Å². The van der Waals surface area contributed by atoms with Gasteiger partial charge < -0.3 is 20.1 Å². The Morgan fingerprint density at radius 3 is 2.37 bits per heavy atom. The third-order valence-corrected chi connectivity index (χ3v) is 5.81. The lowest BCUT2D eigenvalue weighted by atomic mass is 10.1. The van der Waals surface area contributed by atoms with Gasteiger partial charge in [-0.25, -0.2) is 23.3 Å². The number of carbonyl (C=O) groups excluding carboxylic acids is 2.